The largest absolute Gasteiger partial charge is 0.299 e. The van der Waals surface area contributed by atoms with E-state index in [4.69, 9.17) is 0 Å². The lowest BCUT2D eigenvalue weighted by molar-refractivity contribution is -0.127. The molecule has 0 amide bonds. The zero-order chi connectivity index (χ0) is 18.7. The quantitative estimate of drug-likeness (QED) is 0.863. The Hall–Kier alpha value is -1.98. The summed E-state index contributed by atoms with van der Waals surface area (Å²) >= 11 is 0. The fourth-order valence-corrected chi connectivity index (χ4v) is 4.99. The van der Waals surface area contributed by atoms with Crippen molar-refractivity contribution in [3.8, 4) is 0 Å². The fraction of sp³-hybridized carbons (Fsp3) is 0.381. The summed E-state index contributed by atoms with van der Waals surface area (Å²) in [5.41, 5.74) is 1.83. The second-order valence-corrected chi connectivity index (χ2v) is 8.90. The highest BCUT2D eigenvalue weighted by molar-refractivity contribution is 7.89. The van der Waals surface area contributed by atoms with Gasteiger partial charge in [0.2, 0.25) is 10.0 Å². The van der Waals surface area contributed by atoms with Crippen LogP contribution in [0.4, 0.5) is 0 Å². The van der Waals surface area contributed by atoms with Crippen molar-refractivity contribution in [2.75, 3.05) is 0 Å². The lowest BCUT2D eigenvalue weighted by atomic mass is 9.74. The van der Waals surface area contributed by atoms with Gasteiger partial charge in [0.25, 0.3) is 0 Å². The van der Waals surface area contributed by atoms with Crippen molar-refractivity contribution in [2.45, 2.75) is 44.0 Å². The van der Waals surface area contributed by atoms with Gasteiger partial charge in [-0.05, 0) is 43.4 Å². The first-order chi connectivity index (χ1) is 12.4. The molecule has 3 atom stereocenters. The molecule has 26 heavy (non-hydrogen) atoms. The maximum atomic E-state index is 13.0. The minimum Gasteiger partial charge on any atom is -0.299 e. The van der Waals surface area contributed by atoms with Gasteiger partial charge in [-0.3, -0.25) is 4.79 Å². The molecule has 3 rings (SSSR count). The molecular formula is C21H25NO3S. The molecule has 0 unspecified atom stereocenters. The highest BCUT2D eigenvalue weighted by Gasteiger charge is 2.38. The molecule has 0 heterocycles. The third-order valence-electron chi connectivity index (χ3n) is 5.20. The molecule has 0 radical (unpaired) electrons. The average molecular weight is 372 g/mol. The zero-order valence-electron chi connectivity index (χ0n) is 15.2. The van der Waals surface area contributed by atoms with E-state index < -0.39 is 16.1 Å². The number of ketones is 1. The van der Waals surface area contributed by atoms with Crippen LogP contribution in [-0.2, 0) is 14.8 Å². The molecule has 0 aromatic heterocycles. The zero-order valence-corrected chi connectivity index (χ0v) is 16.0. The summed E-state index contributed by atoms with van der Waals surface area (Å²) < 4.78 is 28.7. The van der Waals surface area contributed by atoms with E-state index in [0.29, 0.717) is 6.42 Å². The van der Waals surface area contributed by atoms with Gasteiger partial charge in [-0.1, -0.05) is 55.0 Å². The molecule has 0 saturated heterocycles. The Kier molecular flexibility index (Phi) is 5.58. The molecule has 1 saturated carbocycles. The van der Waals surface area contributed by atoms with Crippen LogP contribution in [0.5, 0.6) is 0 Å². The average Bonchev–Trinajstić information content (AvgIpc) is 2.62. The summed E-state index contributed by atoms with van der Waals surface area (Å²) in [6.07, 6.45) is 2.33. The fourth-order valence-electron chi connectivity index (χ4n) is 3.74. The van der Waals surface area contributed by atoms with Gasteiger partial charge in [0.1, 0.15) is 5.78 Å². The molecule has 0 aliphatic heterocycles. The lowest BCUT2D eigenvalue weighted by Crippen LogP contribution is -2.41. The molecule has 1 N–H and O–H groups in total. The highest BCUT2D eigenvalue weighted by Crippen LogP contribution is 2.37. The topological polar surface area (TPSA) is 63.2 Å². The summed E-state index contributed by atoms with van der Waals surface area (Å²) in [5.74, 6) is -0.0576. The SMILES string of the molecule is Cc1ccc(S(=O)(=O)N[C@@H](c2ccccc2)[C@H]2C(=O)CCC[C@@H]2C)cc1. The van der Waals surface area contributed by atoms with E-state index in [1.807, 2.05) is 44.2 Å². The van der Waals surface area contributed by atoms with Gasteiger partial charge < -0.3 is 0 Å². The number of carbonyl (C=O) groups excluding carboxylic acids is 1. The Morgan fingerprint density at radius 3 is 2.31 bits per heavy atom. The molecular weight excluding hydrogens is 346 g/mol. The Morgan fingerprint density at radius 1 is 1.04 bits per heavy atom. The number of benzene rings is 2. The van der Waals surface area contributed by atoms with E-state index in [1.54, 1.807) is 24.3 Å². The molecule has 138 valence electrons. The van der Waals surface area contributed by atoms with Gasteiger partial charge in [-0.2, -0.15) is 0 Å². The van der Waals surface area contributed by atoms with Gasteiger partial charge in [0.05, 0.1) is 10.9 Å². The Labute approximate surface area is 155 Å². The van der Waals surface area contributed by atoms with Gasteiger partial charge in [-0.25, -0.2) is 13.1 Å². The van der Waals surface area contributed by atoms with E-state index in [2.05, 4.69) is 4.72 Å². The molecule has 1 fully saturated rings. The normalized spacial score (nSPS) is 22.2. The highest BCUT2D eigenvalue weighted by atomic mass is 32.2. The standard InChI is InChI=1S/C21H25NO3S/c1-15-11-13-18(14-12-15)26(24,25)22-21(17-8-4-3-5-9-17)20-16(2)7-6-10-19(20)23/h3-5,8-9,11-14,16,20-22H,6-7,10H2,1-2H3/t16-,20+,21-/m0/s1. The summed E-state index contributed by atoms with van der Waals surface area (Å²) in [6.45, 7) is 3.96. The minimum atomic E-state index is -3.72. The number of aryl methyl sites for hydroxylation is 1. The summed E-state index contributed by atoms with van der Waals surface area (Å²) in [4.78, 5) is 12.9. The van der Waals surface area contributed by atoms with Crippen molar-refractivity contribution in [3.05, 3.63) is 65.7 Å². The second kappa shape index (κ2) is 7.72. The molecule has 2 aromatic carbocycles. The third kappa shape index (κ3) is 4.05. The van der Waals surface area contributed by atoms with Crippen LogP contribution in [0.2, 0.25) is 0 Å². The van der Waals surface area contributed by atoms with E-state index in [-0.39, 0.29) is 22.5 Å². The van der Waals surface area contributed by atoms with Crippen molar-refractivity contribution in [3.63, 3.8) is 0 Å². The lowest BCUT2D eigenvalue weighted by Gasteiger charge is -2.34. The van der Waals surface area contributed by atoms with Crippen molar-refractivity contribution >= 4 is 15.8 Å². The number of carbonyl (C=O) groups is 1. The van der Waals surface area contributed by atoms with Gasteiger partial charge in [0, 0.05) is 12.3 Å². The second-order valence-electron chi connectivity index (χ2n) is 7.18. The van der Waals surface area contributed by atoms with Crippen LogP contribution >= 0.6 is 0 Å². The van der Waals surface area contributed by atoms with Crippen LogP contribution in [-0.4, -0.2) is 14.2 Å². The predicted molar refractivity (Wildman–Crippen MR) is 102 cm³/mol. The first kappa shape index (κ1) is 18.8. The van der Waals surface area contributed by atoms with Gasteiger partial charge in [0.15, 0.2) is 0 Å². The van der Waals surface area contributed by atoms with Crippen molar-refractivity contribution in [1.29, 1.82) is 0 Å². The molecule has 5 heteroatoms. The first-order valence-corrected chi connectivity index (χ1v) is 10.5. The van der Waals surface area contributed by atoms with E-state index in [0.717, 1.165) is 24.0 Å². The number of Topliss-reactive ketones (excluding diaryl/α,β-unsaturated/α-hetero) is 1. The van der Waals surface area contributed by atoms with Crippen LogP contribution in [0.3, 0.4) is 0 Å². The van der Waals surface area contributed by atoms with Crippen LogP contribution in [0, 0.1) is 18.8 Å². The molecule has 1 aliphatic carbocycles. The number of rotatable bonds is 5. The maximum absolute atomic E-state index is 13.0. The number of hydrogen-bond donors (Lipinski definition) is 1. The summed E-state index contributed by atoms with van der Waals surface area (Å²) in [7, 11) is -3.72. The Bertz CT molecular complexity index is 860. The molecule has 1 aliphatic rings. The maximum Gasteiger partial charge on any atom is 0.241 e. The monoisotopic (exact) mass is 371 g/mol. The van der Waals surface area contributed by atoms with Crippen LogP contribution in [0.1, 0.15) is 43.4 Å². The van der Waals surface area contributed by atoms with E-state index >= 15 is 0 Å². The molecule has 4 nitrogen and oxygen atoms in total. The molecule has 0 spiro atoms. The van der Waals surface area contributed by atoms with Crippen molar-refractivity contribution in [1.82, 2.24) is 4.72 Å². The van der Waals surface area contributed by atoms with Crippen LogP contribution in [0.25, 0.3) is 0 Å². The molecule has 2 aromatic rings. The van der Waals surface area contributed by atoms with Gasteiger partial charge in [-0.15, -0.1) is 0 Å². The van der Waals surface area contributed by atoms with Crippen molar-refractivity contribution in [2.24, 2.45) is 11.8 Å². The Morgan fingerprint density at radius 2 is 1.69 bits per heavy atom. The van der Waals surface area contributed by atoms with E-state index in [1.165, 1.54) is 0 Å². The molecule has 0 bridgehead atoms. The Balaban J connectivity index is 1.98. The van der Waals surface area contributed by atoms with E-state index in [9.17, 15) is 13.2 Å². The smallest absolute Gasteiger partial charge is 0.241 e. The minimum absolute atomic E-state index is 0.141. The van der Waals surface area contributed by atoms with Crippen LogP contribution < -0.4 is 4.72 Å². The number of nitrogens with one attached hydrogen (secondary N) is 1. The van der Waals surface area contributed by atoms with Crippen LogP contribution in [0.15, 0.2) is 59.5 Å². The first-order valence-electron chi connectivity index (χ1n) is 9.05. The third-order valence-corrected chi connectivity index (χ3v) is 6.66. The summed E-state index contributed by atoms with van der Waals surface area (Å²) in [6, 6.07) is 15.6. The van der Waals surface area contributed by atoms with Crippen molar-refractivity contribution < 1.29 is 13.2 Å². The number of hydrogen-bond acceptors (Lipinski definition) is 3. The summed E-state index contributed by atoms with van der Waals surface area (Å²) in [5, 5.41) is 0. The van der Waals surface area contributed by atoms with Gasteiger partial charge >= 0.3 is 0 Å². The number of sulfonamides is 1. The predicted octanol–water partition coefficient (Wildman–Crippen LogP) is 4.02.